The third kappa shape index (κ3) is 8.29. The van der Waals surface area contributed by atoms with E-state index < -0.39 is 0 Å². The normalized spacial score (nSPS) is 20.2. The number of hydrogen-bond donors (Lipinski definition) is 2. The lowest BCUT2D eigenvalue weighted by Gasteiger charge is -2.38. The van der Waals surface area contributed by atoms with Crippen LogP contribution in [0.5, 0.6) is 0 Å². The van der Waals surface area contributed by atoms with E-state index in [9.17, 15) is 4.79 Å². The summed E-state index contributed by atoms with van der Waals surface area (Å²) in [6, 6.07) is 19.1. The van der Waals surface area contributed by atoms with Gasteiger partial charge < -0.3 is 25.4 Å². The fourth-order valence-corrected chi connectivity index (χ4v) is 6.23. The smallest absolute Gasteiger partial charge is 0.317 e. The summed E-state index contributed by atoms with van der Waals surface area (Å²) in [5.74, 6) is 0.938. The molecule has 208 valence electrons. The van der Waals surface area contributed by atoms with Gasteiger partial charge >= 0.3 is 6.03 Å². The average Bonchev–Trinajstić information content (AvgIpc) is 2.97. The molecule has 3 N–H and O–H groups in total. The van der Waals surface area contributed by atoms with Gasteiger partial charge in [-0.2, -0.15) is 0 Å². The predicted molar refractivity (Wildman–Crippen MR) is 154 cm³/mol. The SMILES string of the molecule is COCCCOC(c1ccccc1-c1ccccc1)C1CCCN(C(=O)NC[C@@H](N)CC2CCCCC2)C1. The zero-order chi connectivity index (χ0) is 26.6. The molecule has 2 fully saturated rings. The predicted octanol–water partition coefficient (Wildman–Crippen LogP) is 6.17. The number of amides is 2. The van der Waals surface area contributed by atoms with Crippen molar-refractivity contribution < 1.29 is 14.3 Å². The van der Waals surface area contributed by atoms with E-state index in [1.165, 1.54) is 48.8 Å². The highest BCUT2D eigenvalue weighted by atomic mass is 16.5. The number of nitrogens with one attached hydrogen (secondary N) is 1. The highest BCUT2D eigenvalue weighted by molar-refractivity contribution is 5.74. The second kappa shape index (κ2) is 15.2. The monoisotopic (exact) mass is 521 g/mol. The third-order valence-corrected chi connectivity index (χ3v) is 8.19. The lowest BCUT2D eigenvalue weighted by molar-refractivity contribution is -0.0163. The topological polar surface area (TPSA) is 76.8 Å². The molecule has 1 heterocycles. The molecule has 1 aliphatic heterocycles. The van der Waals surface area contributed by atoms with Gasteiger partial charge in [0.25, 0.3) is 0 Å². The molecule has 0 aromatic heterocycles. The molecule has 6 nitrogen and oxygen atoms in total. The number of nitrogens with two attached hydrogens (primary N) is 1. The van der Waals surface area contributed by atoms with Crippen molar-refractivity contribution in [3.05, 3.63) is 60.2 Å². The molecule has 2 aliphatic rings. The number of carbonyl (C=O) groups is 1. The van der Waals surface area contributed by atoms with Crippen molar-refractivity contribution in [1.29, 1.82) is 0 Å². The fraction of sp³-hybridized carbons (Fsp3) is 0.594. The van der Waals surface area contributed by atoms with E-state index in [4.69, 9.17) is 15.2 Å². The van der Waals surface area contributed by atoms with Crippen molar-refractivity contribution >= 4 is 6.03 Å². The maximum atomic E-state index is 13.2. The van der Waals surface area contributed by atoms with Crippen LogP contribution >= 0.6 is 0 Å². The van der Waals surface area contributed by atoms with Crippen LogP contribution in [0.3, 0.4) is 0 Å². The van der Waals surface area contributed by atoms with E-state index in [0.29, 0.717) is 26.3 Å². The summed E-state index contributed by atoms with van der Waals surface area (Å²) in [6.07, 6.45) is 10.3. The van der Waals surface area contributed by atoms with Crippen LogP contribution in [0.4, 0.5) is 4.79 Å². The fourth-order valence-electron chi connectivity index (χ4n) is 6.23. The Labute approximate surface area is 229 Å². The number of methoxy groups -OCH3 is 1. The Kier molecular flexibility index (Phi) is 11.5. The van der Waals surface area contributed by atoms with Gasteiger partial charge in [0.2, 0.25) is 0 Å². The zero-order valence-electron chi connectivity index (χ0n) is 23.2. The zero-order valence-corrected chi connectivity index (χ0v) is 23.2. The van der Waals surface area contributed by atoms with Crippen LogP contribution in [0.15, 0.2) is 54.6 Å². The first kappa shape index (κ1) is 28.6. The van der Waals surface area contributed by atoms with Crippen molar-refractivity contribution in [2.75, 3.05) is 40.0 Å². The number of carbonyl (C=O) groups excluding carboxylic acids is 1. The van der Waals surface area contributed by atoms with Gasteiger partial charge in [0.15, 0.2) is 0 Å². The van der Waals surface area contributed by atoms with Crippen molar-refractivity contribution in [2.45, 2.75) is 69.9 Å². The summed E-state index contributed by atoms with van der Waals surface area (Å²) in [4.78, 5) is 15.2. The van der Waals surface area contributed by atoms with Gasteiger partial charge in [-0.15, -0.1) is 0 Å². The minimum absolute atomic E-state index is 0.00303. The van der Waals surface area contributed by atoms with Crippen LogP contribution in [0, 0.1) is 11.8 Å². The van der Waals surface area contributed by atoms with E-state index >= 15 is 0 Å². The van der Waals surface area contributed by atoms with Crippen molar-refractivity contribution in [1.82, 2.24) is 10.2 Å². The molecule has 38 heavy (non-hydrogen) atoms. The van der Waals surface area contributed by atoms with Crippen LogP contribution in [0.2, 0.25) is 0 Å². The number of piperidine rings is 1. The molecule has 4 rings (SSSR count). The van der Waals surface area contributed by atoms with Gasteiger partial charge in [0.05, 0.1) is 6.10 Å². The quantitative estimate of drug-likeness (QED) is 0.328. The summed E-state index contributed by atoms with van der Waals surface area (Å²) in [5, 5.41) is 3.14. The van der Waals surface area contributed by atoms with E-state index in [1.54, 1.807) is 7.11 Å². The van der Waals surface area contributed by atoms with Crippen LogP contribution in [-0.2, 0) is 9.47 Å². The molecule has 1 aliphatic carbocycles. The summed E-state index contributed by atoms with van der Waals surface area (Å²) in [5.41, 5.74) is 9.99. The molecule has 0 radical (unpaired) electrons. The van der Waals surface area contributed by atoms with E-state index in [2.05, 4.69) is 53.8 Å². The molecule has 3 atom stereocenters. The Bertz CT molecular complexity index is 963. The number of likely N-dealkylation sites (tertiary alicyclic amines) is 1. The van der Waals surface area contributed by atoms with Gasteiger partial charge in [-0.3, -0.25) is 0 Å². The lowest BCUT2D eigenvalue weighted by Crippen LogP contribution is -2.49. The van der Waals surface area contributed by atoms with E-state index in [1.807, 2.05) is 11.0 Å². The summed E-state index contributed by atoms with van der Waals surface area (Å²) >= 11 is 0. The second-order valence-corrected chi connectivity index (χ2v) is 11.1. The maximum Gasteiger partial charge on any atom is 0.317 e. The standard InChI is InChI=1S/C32H47N3O3/c1-37-20-11-21-38-31(30-18-9-8-17-29(30)26-14-6-3-7-15-26)27-16-10-19-35(24-27)32(36)34-23-28(33)22-25-12-4-2-5-13-25/h3,6-9,14-15,17-18,25,27-28,31H,2,4-5,10-13,16,19-24,33H2,1H3,(H,34,36)/t27?,28-,31?/m0/s1. The molecule has 0 bridgehead atoms. The van der Waals surface area contributed by atoms with Gasteiger partial charge in [-0.25, -0.2) is 4.79 Å². The van der Waals surface area contributed by atoms with Gasteiger partial charge in [0, 0.05) is 51.9 Å². The average molecular weight is 522 g/mol. The molecule has 1 saturated carbocycles. The van der Waals surface area contributed by atoms with Gasteiger partial charge in [0.1, 0.15) is 0 Å². The summed E-state index contributed by atoms with van der Waals surface area (Å²) in [6.45, 7) is 3.30. The Balaban J connectivity index is 1.42. The second-order valence-electron chi connectivity index (χ2n) is 11.1. The molecular weight excluding hydrogens is 474 g/mol. The minimum atomic E-state index is -0.0904. The number of rotatable bonds is 12. The first-order valence-corrected chi connectivity index (χ1v) is 14.7. The number of urea groups is 1. The van der Waals surface area contributed by atoms with Crippen LogP contribution in [0.1, 0.15) is 69.5 Å². The van der Waals surface area contributed by atoms with Crippen LogP contribution in [0.25, 0.3) is 11.1 Å². The third-order valence-electron chi connectivity index (χ3n) is 8.19. The Morgan fingerprint density at radius 1 is 1.00 bits per heavy atom. The van der Waals surface area contributed by atoms with E-state index in [-0.39, 0.29) is 24.1 Å². The molecule has 2 amide bonds. The Hall–Kier alpha value is -2.41. The first-order chi connectivity index (χ1) is 18.7. The minimum Gasteiger partial charge on any atom is -0.385 e. The summed E-state index contributed by atoms with van der Waals surface area (Å²) < 4.78 is 11.8. The molecule has 6 heteroatoms. The van der Waals surface area contributed by atoms with Crippen molar-refractivity contribution in [3.8, 4) is 11.1 Å². The van der Waals surface area contributed by atoms with Gasteiger partial charge in [-0.1, -0.05) is 86.7 Å². The summed E-state index contributed by atoms with van der Waals surface area (Å²) in [7, 11) is 1.72. The van der Waals surface area contributed by atoms with Crippen molar-refractivity contribution in [2.24, 2.45) is 17.6 Å². The molecule has 2 aromatic carbocycles. The highest BCUT2D eigenvalue weighted by Gasteiger charge is 2.32. The van der Waals surface area contributed by atoms with Crippen molar-refractivity contribution in [3.63, 3.8) is 0 Å². The largest absolute Gasteiger partial charge is 0.385 e. The molecule has 0 spiro atoms. The lowest BCUT2D eigenvalue weighted by atomic mass is 9.85. The molecule has 2 aromatic rings. The Morgan fingerprint density at radius 3 is 2.55 bits per heavy atom. The number of nitrogens with zero attached hydrogens (tertiary/aromatic N) is 1. The molecule has 2 unspecified atom stereocenters. The van der Waals surface area contributed by atoms with E-state index in [0.717, 1.165) is 38.1 Å². The molecule has 1 saturated heterocycles. The number of ether oxygens (including phenoxy) is 2. The highest BCUT2D eigenvalue weighted by Crippen LogP contribution is 2.38. The number of hydrogen-bond acceptors (Lipinski definition) is 4. The first-order valence-electron chi connectivity index (χ1n) is 14.7. The Morgan fingerprint density at radius 2 is 1.76 bits per heavy atom. The van der Waals surface area contributed by atoms with Crippen LogP contribution < -0.4 is 11.1 Å². The molecular formula is C32H47N3O3. The van der Waals surface area contributed by atoms with Crippen LogP contribution in [-0.4, -0.2) is 56.9 Å². The maximum absolute atomic E-state index is 13.2. The van der Waals surface area contributed by atoms with Gasteiger partial charge in [-0.05, 0) is 48.3 Å². The number of benzene rings is 2.